The maximum Gasteiger partial charge on any atom is 0.0480 e. The van der Waals surface area contributed by atoms with E-state index in [0.717, 1.165) is 4.47 Å². The van der Waals surface area contributed by atoms with Crippen LogP contribution in [0.15, 0.2) is 28.7 Å². The van der Waals surface area contributed by atoms with Crippen molar-refractivity contribution in [1.29, 1.82) is 0 Å². The van der Waals surface area contributed by atoms with Crippen molar-refractivity contribution >= 4 is 15.9 Å². The molecule has 2 aliphatic rings. The summed E-state index contributed by atoms with van der Waals surface area (Å²) in [7, 11) is 2.22. The van der Waals surface area contributed by atoms with E-state index >= 15 is 0 Å². The molecule has 2 aliphatic heterocycles. The third-order valence-corrected chi connectivity index (χ3v) is 5.47. The molecule has 4 atom stereocenters. The number of nitrogens with zero attached hydrogens (tertiary/aromatic N) is 1. The Bertz CT molecular complexity index is 419. The van der Waals surface area contributed by atoms with E-state index in [1.165, 1.54) is 24.8 Å². The van der Waals surface area contributed by atoms with E-state index < -0.39 is 0 Å². The molecular weight excluding hydrogens is 290 g/mol. The van der Waals surface area contributed by atoms with Crippen LogP contribution in [-0.2, 0) is 0 Å². The van der Waals surface area contributed by atoms with E-state index in [4.69, 9.17) is 0 Å². The Balaban J connectivity index is 1.89. The Morgan fingerprint density at radius 2 is 2.00 bits per heavy atom. The molecule has 1 N–H and O–H groups in total. The van der Waals surface area contributed by atoms with Crippen molar-refractivity contribution in [3.8, 4) is 0 Å². The molecule has 0 aliphatic carbocycles. The van der Waals surface area contributed by atoms with Gasteiger partial charge in [-0.1, -0.05) is 28.1 Å². The van der Waals surface area contributed by atoms with Crippen LogP contribution in [0.2, 0.25) is 0 Å². The quantitative estimate of drug-likeness (QED) is 0.908. The molecule has 2 fully saturated rings. The molecule has 2 saturated heterocycles. The molecule has 0 radical (unpaired) electrons. The lowest BCUT2D eigenvalue weighted by Crippen LogP contribution is -2.47. The third kappa shape index (κ3) is 2.02. The van der Waals surface area contributed by atoms with Crippen LogP contribution in [0.3, 0.4) is 0 Å². The maximum absolute atomic E-state index is 9.78. The average Bonchev–Trinajstić information content (AvgIpc) is 2.63. The highest BCUT2D eigenvalue weighted by Gasteiger charge is 2.45. The second kappa shape index (κ2) is 4.95. The van der Waals surface area contributed by atoms with Crippen molar-refractivity contribution in [2.45, 2.75) is 37.3 Å². The molecule has 98 valence electrons. The average molecular weight is 310 g/mol. The fraction of sp³-hybridized carbons (Fsp3) is 0.600. The van der Waals surface area contributed by atoms with Gasteiger partial charge in [0.15, 0.2) is 0 Å². The number of hydrogen-bond acceptors (Lipinski definition) is 2. The van der Waals surface area contributed by atoms with Gasteiger partial charge in [-0.05, 0) is 49.9 Å². The van der Waals surface area contributed by atoms with Crippen LogP contribution in [0.5, 0.6) is 0 Å². The molecule has 1 aromatic carbocycles. The molecule has 0 amide bonds. The Labute approximate surface area is 117 Å². The number of aliphatic hydroxyl groups excluding tert-OH is 1. The van der Waals surface area contributed by atoms with Gasteiger partial charge in [-0.25, -0.2) is 0 Å². The van der Waals surface area contributed by atoms with E-state index in [-0.39, 0.29) is 0 Å². The number of aliphatic hydroxyl groups is 1. The monoisotopic (exact) mass is 309 g/mol. The van der Waals surface area contributed by atoms with Crippen LogP contribution in [-0.4, -0.2) is 35.7 Å². The molecular formula is C15H20BrNO. The van der Waals surface area contributed by atoms with E-state index in [2.05, 4.69) is 52.1 Å². The standard InChI is InChI=1S/C15H20BrNO/c1-17-12-6-7-15(17)14(9-18)13(8-12)10-2-4-11(16)5-3-10/h2-5,12-15,18H,6-9H2,1H3/t12?,13-,14+,15?/m1/s1. The van der Waals surface area contributed by atoms with Gasteiger partial charge in [0.1, 0.15) is 0 Å². The summed E-state index contributed by atoms with van der Waals surface area (Å²) in [4.78, 5) is 2.50. The minimum absolute atomic E-state index is 0.308. The highest BCUT2D eigenvalue weighted by molar-refractivity contribution is 9.10. The van der Waals surface area contributed by atoms with Crippen molar-refractivity contribution < 1.29 is 5.11 Å². The Morgan fingerprint density at radius 1 is 1.28 bits per heavy atom. The number of rotatable bonds is 2. The van der Waals surface area contributed by atoms with Gasteiger partial charge in [0.25, 0.3) is 0 Å². The summed E-state index contributed by atoms with van der Waals surface area (Å²) in [6.45, 7) is 0.308. The SMILES string of the molecule is CN1C2CCC1[C@@H](CO)[C@@H](c1ccc(Br)cc1)C2. The molecule has 2 nitrogen and oxygen atoms in total. The van der Waals surface area contributed by atoms with E-state index in [0.29, 0.717) is 30.5 Å². The van der Waals surface area contributed by atoms with Gasteiger partial charge in [0.2, 0.25) is 0 Å². The van der Waals surface area contributed by atoms with Gasteiger partial charge in [-0.3, -0.25) is 0 Å². The van der Waals surface area contributed by atoms with Crippen molar-refractivity contribution in [2.24, 2.45) is 5.92 Å². The Hall–Kier alpha value is -0.380. The molecule has 2 heterocycles. The molecule has 2 bridgehead atoms. The normalized spacial score (nSPS) is 35.9. The van der Waals surface area contributed by atoms with Crippen LogP contribution >= 0.6 is 15.9 Å². The zero-order valence-corrected chi connectivity index (χ0v) is 12.3. The third-order valence-electron chi connectivity index (χ3n) is 4.94. The van der Waals surface area contributed by atoms with E-state index in [1.807, 2.05) is 0 Å². The second-order valence-electron chi connectivity index (χ2n) is 5.70. The first-order valence-electron chi connectivity index (χ1n) is 6.79. The lowest BCUT2D eigenvalue weighted by atomic mass is 9.76. The lowest BCUT2D eigenvalue weighted by Gasteiger charge is -2.42. The van der Waals surface area contributed by atoms with Crippen molar-refractivity contribution in [3.05, 3.63) is 34.3 Å². The van der Waals surface area contributed by atoms with Crippen LogP contribution in [0.4, 0.5) is 0 Å². The lowest BCUT2D eigenvalue weighted by molar-refractivity contribution is 0.0592. The topological polar surface area (TPSA) is 23.5 Å². The first kappa shape index (κ1) is 12.6. The number of halogens is 1. The van der Waals surface area contributed by atoms with Crippen molar-refractivity contribution in [3.63, 3.8) is 0 Å². The summed E-state index contributed by atoms with van der Waals surface area (Å²) >= 11 is 3.49. The minimum atomic E-state index is 0.308. The van der Waals surface area contributed by atoms with Gasteiger partial charge in [-0.15, -0.1) is 0 Å². The van der Waals surface area contributed by atoms with Crippen LogP contribution in [0.25, 0.3) is 0 Å². The highest BCUT2D eigenvalue weighted by atomic mass is 79.9. The summed E-state index contributed by atoms with van der Waals surface area (Å²) < 4.78 is 1.13. The highest BCUT2D eigenvalue weighted by Crippen LogP contribution is 2.45. The van der Waals surface area contributed by atoms with E-state index in [9.17, 15) is 5.11 Å². The predicted octanol–water partition coefficient (Wildman–Crippen LogP) is 3.01. The number of hydrogen-bond donors (Lipinski definition) is 1. The van der Waals surface area contributed by atoms with Crippen LogP contribution < -0.4 is 0 Å². The second-order valence-corrected chi connectivity index (χ2v) is 6.62. The predicted molar refractivity (Wildman–Crippen MR) is 76.6 cm³/mol. The van der Waals surface area contributed by atoms with E-state index in [1.54, 1.807) is 0 Å². The summed E-state index contributed by atoms with van der Waals surface area (Å²) in [5.74, 6) is 0.923. The minimum Gasteiger partial charge on any atom is -0.396 e. The van der Waals surface area contributed by atoms with Gasteiger partial charge in [0, 0.05) is 29.1 Å². The molecule has 18 heavy (non-hydrogen) atoms. The van der Waals surface area contributed by atoms with Crippen molar-refractivity contribution in [2.75, 3.05) is 13.7 Å². The van der Waals surface area contributed by atoms with Crippen LogP contribution in [0, 0.1) is 5.92 Å². The number of fused-ring (bicyclic) bond motifs is 2. The van der Waals surface area contributed by atoms with Crippen molar-refractivity contribution in [1.82, 2.24) is 4.90 Å². The molecule has 2 unspecified atom stereocenters. The van der Waals surface area contributed by atoms with Gasteiger partial charge < -0.3 is 10.0 Å². The number of piperidine rings is 1. The maximum atomic E-state index is 9.78. The molecule has 0 spiro atoms. The Kier molecular flexibility index (Phi) is 3.48. The molecule has 1 aromatic rings. The summed E-state index contributed by atoms with van der Waals surface area (Å²) in [5.41, 5.74) is 1.39. The number of benzene rings is 1. The fourth-order valence-corrected chi connectivity index (χ4v) is 4.18. The molecule has 0 aromatic heterocycles. The zero-order chi connectivity index (χ0) is 12.7. The first-order valence-corrected chi connectivity index (χ1v) is 7.58. The van der Waals surface area contributed by atoms with Crippen LogP contribution in [0.1, 0.15) is 30.7 Å². The Morgan fingerprint density at radius 3 is 2.67 bits per heavy atom. The summed E-state index contributed by atoms with van der Waals surface area (Å²) in [6.07, 6.45) is 3.74. The van der Waals surface area contributed by atoms with Gasteiger partial charge in [0.05, 0.1) is 0 Å². The summed E-state index contributed by atoms with van der Waals surface area (Å²) in [5, 5.41) is 9.78. The fourth-order valence-electron chi connectivity index (χ4n) is 3.92. The van der Waals surface area contributed by atoms with Gasteiger partial charge >= 0.3 is 0 Å². The van der Waals surface area contributed by atoms with Gasteiger partial charge in [-0.2, -0.15) is 0 Å². The molecule has 0 saturated carbocycles. The largest absolute Gasteiger partial charge is 0.396 e. The molecule has 3 rings (SSSR count). The summed E-state index contributed by atoms with van der Waals surface area (Å²) in [6, 6.07) is 9.94. The smallest absolute Gasteiger partial charge is 0.0480 e. The zero-order valence-electron chi connectivity index (χ0n) is 10.7. The first-order chi connectivity index (χ1) is 8.70. The molecule has 3 heteroatoms.